The van der Waals surface area contributed by atoms with Crippen molar-refractivity contribution < 1.29 is 9.59 Å². The van der Waals surface area contributed by atoms with Gasteiger partial charge < -0.3 is 0 Å². The Hall–Kier alpha value is -4.82. The Morgan fingerprint density at radius 3 is 1.05 bits per heavy atom. The van der Waals surface area contributed by atoms with Gasteiger partial charge in [0, 0.05) is 33.0 Å². The molecule has 0 amide bonds. The molecule has 2 nitrogen and oxygen atoms in total. The van der Waals surface area contributed by atoms with Crippen LogP contribution in [0.3, 0.4) is 0 Å². The third-order valence-electron chi connectivity index (χ3n) is 9.13. The topological polar surface area (TPSA) is 34.1 Å². The zero-order chi connectivity index (χ0) is 30.0. The molecule has 2 aliphatic rings. The van der Waals surface area contributed by atoms with E-state index in [1.54, 1.807) is 0 Å². The molecule has 210 valence electrons. The molecule has 2 heteroatoms. The molecule has 0 radical (unpaired) electrons. The molecule has 0 aromatic heterocycles. The second kappa shape index (κ2) is 10.2. The maximum Gasteiger partial charge on any atom is 0.194 e. The standard InChI is InChI=1S/C34H16O2.C5H12.C2H6/c35-33-25-7-3-1-5-17(25)19-9-11-21-24-14-16-28-32-20(18-6-2-4-8-26(18)34(28)36)10-12-22(30(24)32)23-13-15-27(33)31(19)29(21)23;1-4-5(2)3;1-2/h1-16H;5H,4H2,1-3H3;1-2H3. The third kappa shape index (κ3) is 3.72. The van der Waals surface area contributed by atoms with Crippen LogP contribution in [-0.2, 0) is 0 Å². The van der Waals surface area contributed by atoms with Crippen LogP contribution in [0.1, 0.15) is 72.9 Å². The van der Waals surface area contributed by atoms with E-state index in [1.807, 2.05) is 74.5 Å². The summed E-state index contributed by atoms with van der Waals surface area (Å²) in [5, 5.41) is 8.83. The number of hydrogen-bond acceptors (Lipinski definition) is 2. The van der Waals surface area contributed by atoms with Crippen molar-refractivity contribution in [1.82, 2.24) is 0 Å². The van der Waals surface area contributed by atoms with Crippen LogP contribution < -0.4 is 0 Å². The predicted molar refractivity (Wildman–Crippen MR) is 182 cm³/mol. The highest BCUT2D eigenvalue weighted by atomic mass is 16.1. The van der Waals surface area contributed by atoms with Gasteiger partial charge in [0.25, 0.3) is 0 Å². The van der Waals surface area contributed by atoms with Crippen LogP contribution >= 0.6 is 0 Å². The summed E-state index contributed by atoms with van der Waals surface area (Å²) >= 11 is 0. The molecule has 0 unspecified atom stereocenters. The number of carbonyl (C=O) groups is 2. The SMILES string of the molecule is CC.CCC(C)C.O=C1c2ccccc2-c2ccc3c4ccc5c6c(ccc(c7ccc1c2c73)c64)-c1ccccc1C5=O. The smallest absolute Gasteiger partial charge is 0.194 e. The Kier molecular flexibility index (Phi) is 6.39. The van der Waals surface area contributed by atoms with Gasteiger partial charge in [0.1, 0.15) is 0 Å². The van der Waals surface area contributed by atoms with Crippen LogP contribution in [0.15, 0.2) is 97.1 Å². The third-order valence-corrected chi connectivity index (χ3v) is 9.13. The molecule has 0 saturated heterocycles. The zero-order valence-electron chi connectivity index (χ0n) is 25.3. The number of benzene rings is 7. The average molecular weight is 559 g/mol. The molecule has 0 N–H and O–H groups in total. The highest BCUT2D eigenvalue weighted by Gasteiger charge is 2.30. The van der Waals surface area contributed by atoms with E-state index in [2.05, 4.69) is 57.2 Å². The summed E-state index contributed by atoms with van der Waals surface area (Å²) in [6, 6.07) is 32.7. The van der Waals surface area contributed by atoms with Crippen LogP contribution in [0.4, 0.5) is 0 Å². The maximum absolute atomic E-state index is 13.5. The van der Waals surface area contributed by atoms with Crippen LogP contribution in [-0.4, -0.2) is 11.6 Å². The number of fused-ring (bicyclic) bond motifs is 6. The van der Waals surface area contributed by atoms with E-state index in [0.29, 0.717) is 0 Å². The van der Waals surface area contributed by atoms with Crippen molar-refractivity contribution in [1.29, 1.82) is 0 Å². The lowest BCUT2D eigenvalue weighted by atomic mass is 9.77. The van der Waals surface area contributed by atoms with Gasteiger partial charge in [0.05, 0.1) is 0 Å². The summed E-state index contributed by atoms with van der Waals surface area (Å²) in [5.74, 6) is 1.05. The van der Waals surface area contributed by atoms with Crippen LogP contribution in [0.5, 0.6) is 0 Å². The predicted octanol–water partition coefficient (Wildman–Crippen LogP) is 11.2. The van der Waals surface area contributed by atoms with Gasteiger partial charge >= 0.3 is 0 Å². The molecular formula is C41H34O2. The number of hydrogen-bond donors (Lipinski definition) is 0. The first-order valence-electron chi connectivity index (χ1n) is 15.5. The van der Waals surface area contributed by atoms with Crippen molar-refractivity contribution in [3.8, 4) is 22.3 Å². The van der Waals surface area contributed by atoms with Gasteiger partial charge in [-0.05, 0) is 72.6 Å². The molecule has 9 rings (SSSR count). The zero-order valence-corrected chi connectivity index (χ0v) is 25.3. The Labute approximate surface area is 252 Å². The molecule has 0 aliphatic heterocycles. The van der Waals surface area contributed by atoms with Crippen LogP contribution in [0.25, 0.3) is 65.3 Å². The van der Waals surface area contributed by atoms with Gasteiger partial charge in [-0.25, -0.2) is 0 Å². The summed E-state index contributed by atoms with van der Waals surface area (Å²) in [5.41, 5.74) is 7.27. The van der Waals surface area contributed by atoms with E-state index in [4.69, 9.17) is 0 Å². The minimum atomic E-state index is 0.0834. The maximum atomic E-state index is 13.5. The van der Waals surface area contributed by atoms with Gasteiger partial charge in [0.15, 0.2) is 11.6 Å². The highest BCUT2D eigenvalue weighted by molar-refractivity contribution is 6.41. The summed E-state index contributed by atoms with van der Waals surface area (Å²) in [4.78, 5) is 27.0. The van der Waals surface area contributed by atoms with Gasteiger partial charge in [0.2, 0.25) is 0 Å². The molecule has 0 bridgehead atoms. The van der Waals surface area contributed by atoms with E-state index < -0.39 is 0 Å². The molecule has 0 saturated carbocycles. The monoisotopic (exact) mass is 558 g/mol. The van der Waals surface area contributed by atoms with Crippen molar-refractivity contribution >= 4 is 54.7 Å². The quantitative estimate of drug-likeness (QED) is 0.148. The summed E-state index contributed by atoms with van der Waals surface area (Å²) in [6.07, 6.45) is 1.31. The van der Waals surface area contributed by atoms with Gasteiger partial charge in [-0.15, -0.1) is 0 Å². The molecule has 2 aliphatic carbocycles. The van der Waals surface area contributed by atoms with Crippen molar-refractivity contribution in [2.45, 2.75) is 41.0 Å². The highest BCUT2D eigenvalue weighted by Crippen LogP contribution is 2.50. The Morgan fingerprint density at radius 2 is 0.721 bits per heavy atom. The van der Waals surface area contributed by atoms with E-state index >= 15 is 0 Å². The van der Waals surface area contributed by atoms with Crippen LogP contribution in [0, 0.1) is 5.92 Å². The molecule has 0 heterocycles. The fourth-order valence-electron chi connectivity index (χ4n) is 6.84. The lowest BCUT2D eigenvalue weighted by Gasteiger charge is -2.25. The first-order valence-corrected chi connectivity index (χ1v) is 15.5. The molecule has 0 fully saturated rings. The molecule has 7 aromatic rings. The van der Waals surface area contributed by atoms with E-state index in [1.165, 1.54) is 6.42 Å². The molecular weight excluding hydrogens is 524 g/mol. The Balaban J connectivity index is 0.000000393. The van der Waals surface area contributed by atoms with Crippen molar-refractivity contribution in [3.05, 3.63) is 119 Å². The lowest BCUT2D eigenvalue weighted by Crippen LogP contribution is -2.11. The molecule has 0 atom stereocenters. The average Bonchev–Trinajstić information content (AvgIpc) is 3.06. The number of ketones is 2. The minimum absolute atomic E-state index is 0.0834. The second-order valence-corrected chi connectivity index (χ2v) is 11.7. The second-order valence-electron chi connectivity index (χ2n) is 11.7. The number of carbonyl (C=O) groups excluding carboxylic acids is 2. The van der Waals surface area contributed by atoms with Gasteiger partial charge in [-0.2, -0.15) is 0 Å². The van der Waals surface area contributed by atoms with Gasteiger partial charge in [-0.1, -0.05) is 126 Å². The van der Waals surface area contributed by atoms with Crippen molar-refractivity contribution in [2.24, 2.45) is 5.92 Å². The summed E-state index contributed by atoms with van der Waals surface area (Å²) in [6.45, 7) is 10.6. The number of rotatable bonds is 1. The first-order chi connectivity index (χ1) is 21.0. The summed E-state index contributed by atoms with van der Waals surface area (Å²) < 4.78 is 0. The Bertz CT molecular complexity index is 2070. The van der Waals surface area contributed by atoms with Crippen molar-refractivity contribution in [3.63, 3.8) is 0 Å². The molecule has 0 spiro atoms. The van der Waals surface area contributed by atoms with Crippen molar-refractivity contribution in [2.75, 3.05) is 0 Å². The fourth-order valence-corrected chi connectivity index (χ4v) is 6.84. The van der Waals surface area contributed by atoms with Gasteiger partial charge in [-0.3, -0.25) is 9.59 Å². The molecule has 43 heavy (non-hydrogen) atoms. The van der Waals surface area contributed by atoms with E-state index in [9.17, 15) is 9.59 Å². The molecule has 7 aromatic carbocycles. The first kappa shape index (κ1) is 27.0. The summed E-state index contributed by atoms with van der Waals surface area (Å²) in [7, 11) is 0. The van der Waals surface area contributed by atoms with E-state index in [-0.39, 0.29) is 11.6 Å². The minimum Gasteiger partial charge on any atom is -0.289 e. The van der Waals surface area contributed by atoms with Crippen LogP contribution in [0.2, 0.25) is 0 Å². The Morgan fingerprint density at radius 1 is 0.419 bits per heavy atom. The lowest BCUT2D eigenvalue weighted by molar-refractivity contribution is 0.103. The fraction of sp³-hybridized carbons (Fsp3) is 0.171. The van der Waals surface area contributed by atoms with E-state index in [0.717, 1.165) is 93.5 Å². The largest absolute Gasteiger partial charge is 0.289 e. The normalized spacial score (nSPS) is 12.7.